The summed E-state index contributed by atoms with van der Waals surface area (Å²) in [4.78, 5) is 19.4. The van der Waals surface area contributed by atoms with E-state index in [0.29, 0.717) is 17.3 Å². The minimum absolute atomic E-state index is 0.0609. The molecule has 0 amide bonds. The van der Waals surface area contributed by atoms with Crippen molar-refractivity contribution in [2.75, 3.05) is 18.2 Å². The maximum absolute atomic E-state index is 11.6. The van der Waals surface area contributed by atoms with Crippen LogP contribution in [-0.4, -0.2) is 29.1 Å². The van der Waals surface area contributed by atoms with Crippen molar-refractivity contribution in [3.63, 3.8) is 0 Å². The lowest BCUT2D eigenvalue weighted by Crippen LogP contribution is -2.32. The van der Waals surface area contributed by atoms with Crippen LogP contribution in [0, 0.1) is 5.92 Å². The monoisotopic (exact) mass is 284 g/mol. The molecule has 2 rings (SSSR count). The van der Waals surface area contributed by atoms with Gasteiger partial charge in [0.1, 0.15) is 17.2 Å². The van der Waals surface area contributed by atoms with Gasteiger partial charge in [0.2, 0.25) is 0 Å². The number of ether oxygens (including phenoxy) is 1. The summed E-state index contributed by atoms with van der Waals surface area (Å²) in [5, 5.41) is 3.55. The lowest BCUT2D eigenvalue weighted by molar-refractivity contribution is -0.146. The van der Waals surface area contributed by atoms with Gasteiger partial charge in [-0.1, -0.05) is 18.0 Å². The predicted molar refractivity (Wildman–Crippen MR) is 72.8 cm³/mol. The molecule has 1 aromatic rings. The molecule has 1 aliphatic rings. The van der Waals surface area contributed by atoms with Crippen LogP contribution in [0.25, 0.3) is 0 Å². The van der Waals surface area contributed by atoms with Gasteiger partial charge < -0.3 is 15.8 Å². The molecule has 0 bridgehead atoms. The number of hydrogen-bond donors (Lipinski definition) is 2. The van der Waals surface area contributed by atoms with Crippen LogP contribution in [0.3, 0.4) is 0 Å². The summed E-state index contributed by atoms with van der Waals surface area (Å²) >= 11 is 6.03. The van der Waals surface area contributed by atoms with E-state index in [1.165, 1.54) is 13.4 Å². The lowest BCUT2D eigenvalue weighted by Gasteiger charge is -2.28. The number of nitrogen functional groups attached to an aromatic ring is 1. The number of rotatable bonds is 3. The third kappa shape index (κ3) is 3.26. The molecule has 104 valence electrons. The Hall–Kier alpha value is -1.56. The van der Waals surface area contributed by atoms with Gasteiger partial charge >= 0.3 is 5.97 Å². The lowest BCUT2D eigenvalue weighted by atomic mass is 9.86. The molecule has 0 radical (unpaired) electrons. The summed E-state index contributed by atoms with van der Waals surface area (Å²) < 4.78 is 4.79. The number of nitrogens with zero attached hydrogens (tertiary/aromatic N) is 2. The van der Waals surface area contributed by atoms with Gasteiger partial charge in [-0.25, -0.2) is 9.97 Å². The Balaban J connectivity index is 2.03. The first-order valence-electron chi connectivity index (χ1n) is 6.22. The fourth-order valence-electron chi connectivity index (χ4n) is 2.38. The van der Waals surface area contributed by atoms with E-state index in [9.17, 15) is 4.79 Å². The van der Waals surface area contributed by atoms with E-state index in [0.717, 1.165) is 19.3 Å². The Morgan fingerprint density at radius 2 is 2.32 bits per heavy atom. The van der Waals surface area contributed by atoms with Gasteiger partial charge in [0.25, 0.3) is 0 Å². The molecule has 2 atom stereocenters. The minimum Gasteiger partial charge on any atom is -0.469 e. The first-order valence-corrected chi connectivity index (χ1v) is 6.60. The maximum Gasteiger partial charge on any atom is 0.308 e. The topological polar surface area (TPSA) is 90.1 Å². The van der Waals surface area contributed by atoms with E-state index in [4.69, 9.17) is 22.1 Å². The van der Waals surface area contributed by atoms with Gasteiger partial charge in [-0.05, 0) is 19.3 Å². The van der Waals surface area contributed by atoms with Crippen molar-refractivity contribution in [2.24, 2.45) is 5.92 Å². The fourth-order valence-corrected chi connectivity index (χ4v) is 2.53. The Kier molecular flexibility index (Phi) is 4.42. The van der Waals surface area contributed by atoms with Crippen LogP contribution in [0.4, 0.5) is 11.6 Å². The zero-order chi connectivity index (χ0) is 13.8. The number of anilines is 2. The molecule has 1 saturated carbocycles. The number of methoxy groups -OCH3 is 1. The molecule has 2 unspecified atom stereocenters. The average Bonchev–Trinajstić information content (AvgIpc) is 2.43. The van der Waals surface area contributed by atoms with Crippen molar-refractivity contribution in [3.8, 4) is 0 Å². The van der Waals surface area contributed by atoms with Crippen molar-refractivity contribution >= 4 is 29.2 Å². The van der Waals surface area contributed by atoms with Gasteiger partial charge in [-0.3, -0.25) is 4.79 Å². The normalized spacial score (nSPS) is 22.8. The highest BCUT2D eigenvalue weighted by molar-refractivity contribution is 6.35. The Morgan fingerprint density at radius 3 is 3.05 bits per heavy atom. The van der Waals surface area contributed by atoms with Gasteiger partial charge in [-0.2, -0.15) is 0 Å². The molecule has 0 spiro atoms. The molecule has 0 aliphatic heterocycles. The smallest absolute Gasteiger partial charge is 0.308 e. The van der Waals surface area contributed by atoms with E-state index in [2.05, 4.69) is 15.3 Å². The molecule has 19 heavy (non-hydrogen) atoms. The third-order valence-electron chi connectivity index (χ3n) is 3.37. The molecule has 7 heteroatoms. The van der Waals surface area contributed by atoms with Crippen LogP contribution in [0.2, 0.25) is 5.02 Å². The van der Waals surface area contributed by atoms with Crippen LogP contribution < -0.4 is 11.1 Å². The van der Waals surface area contributed by atoms with Gasteiger partial charge in [0.15, 0.2) is 5.82 Å². The highest BCUT2D eigenvalue weighted by atomic mass is 35.5. The number of carbonyl (C=O) groups excluding carboxylic acids is 1. The third-order valence-corrected chi connectivity index (χ3v) is 3.74. The molecule has 3 N–H and O–H groups in total. The summed E-state index contributed by atoms with van der Waals surface area (Å²) in [6.45, 7) is 0. The number of nitrogens with one attached hydrogen (secondary N) is 1. The SMILES string of the molecule is COC(=O)C1CCCC(Nc2ncnc(N)c2Cl)C1. The molecular formula is C12H17ClN4O2. The molecule has 6 nitrogen and oxygen atoms in total. The van der Waals surface area contributed by atoms with Crippen LogP contribution >= 0.6 is 11.6 Å². The number of nitrogens with two attached hydrogens (primary N) is 1. The van der Waals surface area contributed by atoms with Crippen molar-refractivity contribution in [3.05, 3.63) is 11.3 Å². The van der Waals surface area contributed by atoms with E-state index in [1.54, 1.807) is 0 Å². The Bertz CT molecular complexity index is 469. The average molecular weight is 285 g/mol. The zero-order valence-corrected chi connectivity index (χ0v) is 11.5. The quantitative estimate of drug-likeness (QED) is 0.823. The van der Waals surface area contributed by atoms with Gasteiger partial charge in [0, 0.05) is 6.04 Å². The summed E-state index contributed by atoms with van der Waals surface area (Å²) in [6, 6.07) is 0.143. The standard InChI is InChI=1S/C12H17ClN4O2/c1-19-12(18)7-3-2-4-8(5-7)17-11-9(13)10(14)15-6-16-11/h6-8H,2-5H2,1H3,(H3,14,15,16,17). The number of carbonyl (C=O) groups is 1. The Morgan fingerprint density at radius 1 is 1.53 bits per heavy atom. The molecule has 0 saturated heterocycles. The molecule has 1 aromatic heterocycles. The van der Waals surface area contributed by atoms with Crippen molar-refractivity contribution in [1.82, 2.24) is 9.97 Å². The maximum atomic E-state index is 11.6. The predicted octanol–water partition coefficient (Wildman–Crippen LogP) is 1.86. The minimum atomic E-state index is -0.153. The molecule has 1 aliphatic carbocycles. The van der Waals surface area contributed by atoms with Crippen LogP contribution in [0.5, 0.6) is 0 Å². The number of aromatic nitrogens is 2. The van der Waals surface area contributed by atoms with Gasteiger partial charge in [-0.15, -0.1) is 0 Å². The van der Waals surface area contributed by atoms with Crippen molar-refractivity contribution in [1.29, 1.82) is 0 Å². The Labute approximate surface area is 116 Å². The summed E-state index contributed by atoms with van der Waals surface area (Å²) in [5.74, 6) is 0.554. The molecular weight excluding hydrogens is 268 g/mol. The molecule has 1 fully saturated rings. The zero-order valence-electron chi connectivity index (χ0n) is 10.7. The van der Waals surface area contributed by atoms with E-state index >= 15 is 0 Å². The van der Waals surface area contributed by atoms with Crippen LogP contribution in [0.1, 0.15) is 25.7 Å². The van der Waals surface area contributed by atoms with E-state index < -0.39 is 0 Å². The molecule has 1 heterocycles. The first-order chi connectivity index (χ1) is 9.11. The van der Waals surface area contributed by atoms with Crippen molar-refractivity contribution < 1.29 is 9.53 Å². The number of esters is 1. The fraction of sp³-hybridized carbons (Fsp3) is 0.583. The van der Waals surface area contributed by atoms with Gasteiger partial charge in [0.05, 0.1) is 13.0 Å². The highest BCUT2D eigenvalue weighted by Gasteiger charge is 2.28. The van der Waals surface area contributed by atoms with E-state index in [1.807, 2.05) is 0 Å². The van der Waals surface area contributed by atoms with Crippen LogP contribution in [-0.2, 0) is 9.53 Å². The van der Waals surface area contributed by atoms with Crippen molar-refractivity contribution in [2.45, 2.75) is 31.7 Å². The summed E-state index contributed by atoms with van der Waals surface area (Å²) in [6.07, 6.45) is 4.88. The largest absolute Gasteiger partial charge is 0.469 e. The van der Waals surface area contributed by atoms with Crippen LogP contribution in [0.15, 0.2) is 6.33 Å². The second-order valence-electron chi connectivity index (χ2n) is 4.65. The summed E-state index contributed by atoms with van der Waals surface area (Å²) in [5.41, 5.74) is 5.63. The first kappa shape index (κ1) is 13.9. The second kappa shape index (κ2) is 6.06. The second-order valence-corrected chi connectivity index (χ2v) is 5.03. The number of halogens is 1. The highest BCUT2D eigenvalue weighted by Crippen LogP contribution is 2.30. The summed E-state index contributed by atoms with van der Waals surface area (Å²) in [7, 11) is 1.42. The molecule has 0 aromatic carbocycles. The van der Waals surface area contributed by atoms with E-state index in [-0.39, 0.29) is 23.7 Å². The number of hydrogen-bond acceptors (Lipinski definition) is 6.